The Hall–Kier alpha value is -3.71. The predicted octanol–water partition coefficient (Wildman–Crippen LogP) is 6.43. The van der Waals surface area contributed by atoms with E-state index in [0.29, 0.717) is 13.0 Å². The molecule has 47 heavy (non-hydrogen) atoms. The maximum atomic E-state index is 17.0. The number of ether oxygens (including phenoxy) is 3. The Morgan fingerprint density at radius 2 is 2.02 bits per heavy atom. The number of hydrogen-bond donors (Lipinski definition) is 1. The van der Waals surface area contributed by atoms with Gasteiger partial charge in [0.15, 0.2) is 11.6 Å². The second-order valence-corrected chi connectivity index (χ2v) is 13.7. The standard InChI is InChI=1S/C31H26ClF5N6O3S/c32-22-20(15-2-3-17(34)26-19(15)16(11-38)27(39)47-26)23(35)24-21-25(22)44-9-7-43(18-4-8-46-31(18,36)37)28(21)41-29(40-24)45-13-30-5-1-6-42(30)12-14(33)10-30/h2-3,14,18H,1,4-10,12-13,39H2/t14-,18?,30+/m1/s1. The van der Waals surface area contributed by atoms with E-state index in [1.54, 1.807) is 0 Å². The molecule has 8 rings (SSSR count). The molecule has 1 unspecified atom stereocenters. The highest BCUT2D eigenvalue weighted by atomic mass is 35.5. The lowest BCUT2D eigenvalue weighted by Gasteiger charge is -2.32. The number of rotatable bonds is 5. The summed E-state index contributed by atoms with van der Waals surface area (Å²) in [5, 5.41) is 9.67. The number of nitrogens with zero attached hydrogens (tertiary/aromatic N) is 5. The predicted molar refractivity (Wildman–Crippen MR) is 165 cm³/mol. The van der Waals surface area contributed by atoms with Crippen molar-refractivity contribution in [2.45, 2.75) is 49.5 Å². The SMILES string of the molecule is N#Cc1c(N)sc2c(F)ccc(-c3c(Cl)c4c5c(nc(OC[C@@]67CCCN6C[C@H](F)C7)nc5c3F)N(C3CCOC3(F)F)CCO4)c12. The third kappa shape index (κ3) is 4.59. The number of thiophene rings is 1. The van der Waals surface area contributed by atoms with Crippen molar-refractivity contribution >= 4 is 54.7 Å². The molecule has 2 aromatic heterocycles. The summed E-state index contributed by atoms with van der Waals surface area (Å²) < 4.78 is 93.4. The first-order valence-corrected chi connectivity index (χ1v) is 16.3. The molecule has 4 aliphatic heterocycles. The van der Waals surface area contributed by atoms with Gasteiger partial charge in [-0.3, -0.25) is 4.90 Å². The van der Waals surface area contributed by atoms with E-state index in [1.807, 2.05) is 11.0 Å². The molecule has 3 fully saturated rings. The van der Waals surface area contributed by atoms with Crippen molar-refractivity contribution in [1.29, 1.82) is 5.26 Å². The van der Waals surface area contributed by atoms with E-state index in [9.17, 15) is 14.0 Å². The molecule has 2 aromatic carbocycles. The lowest BCUT2D eigenvalue weighted by molar-refractivity contribution is -0.214. The molecule has 0 saturated carbocycles. The van der Waals surface area contributed by atoms with Crippen LogP contribution in [-0.4, -0.2) is 78.2 Å². The van der Waals surface area contributed by atoms with Crippen molar-refractivity contribution in [1.82, 2.24) is 14.9 Å². The molecule has 246 valence electrons. The molecule has 0 spiro atoms. The first-order valence-electron chi connectivity index (χ1n) is 15.1. The van der Waals surface area contributed by atoms with Gasteiger partial charge in [0.05, 0.1) is 39.4 Å². The number of nitrogens with two attached hydrogens (primary N) is 1. The number of aromatic nitrogens is 2. The average molecular weight is 693 g/mol. The van der Waals surface area contributed by atoms with Crippen LogP contribution >= 0.6 is 22.9 Å². The normalized spacial score (nSPS) is 25.3. The maximum Gasteiger partial charge on any atom is 0.376 e. The Kier molecular flexibility index (Phi) is 7.11. The highest BCUT2D eigenvalue weighted by molar-refractivity contribution is 7.23. The van der Waals surface area contributed by atoms with E-state index in [2.05, 4.69) is 9.97 Å². The van der Waals surface area contributed by atoms with E-state index in [-0.39, 0.29) is 111 Å². The summed E-state index contributed by atoms with van der Waals surface area (Å²) in [6.07, 6.45) is -2.82. The third-order valence-corrected chi connectivity index (χ3v) is 11.1. The van der Waals surface area contributed by atoms with Gasteiger partial charge in [-0.05, 0) is 37.4 Å². The van der Waals surface area contributed by atoms with Crippen LogP contribution in [-0.2, 0) is 4.74 Å². The largest absolute Gasteiger partial charge is 0.489 e. The number of hydrogen-bond acceptors (Lipinski definition) is 10. The Morgan fingerprint density at radius 1 is 1.19 bits per heavy atom. The second kappa shape index (κ2) is 10.9. The van der Waals surface area contributed by atoms with E-state index in [4.69, 9.17) is 31.5 Å². The zero-order chi connectivity index (χ0) is 32.8. The van der Waals surface area contributed by atoms with Crippen molar-refractivity contribution < 1.29 is 36.2 Å². The quantitative estimate of drug-likeness (QED) is 0.237. The third-order valence-electron chi connectivity index (χ3n) is 9.67. The number of nitriles is 1. The van der Waals surface area contributed by atoms with Crippen LogP contribution in [0.5, 0.6) is 11.8 Å². The van der Waals surface area contributed by atoms with Gasteiger partial charge in [0, 0.05) is 23.9 Å². The molecule has 4 aromatic rings. The minimum atomic E-state index is -3.54. The summed E-state index contributed by atoms with van der Waals surface area (Å²) in [7, 11) is 0. The number of fused-ring (bicyclic) bond motifs is 2. The lowest BCUT2D eigenvalue weighted by Crippen LogP contribution is -2.47. The van der Waals surface area contributed by atoms with Gasteiger partial charge >= 0.3 is 12.1 Å². The Morgan fingerprint density at radius 3 is 2.79 bits per heavy atom. The zero-order valence-corrected chi connectivity index (χ0v) is 26.2. The average Bonchev–Trinajstić information content (AvgIpc) is 3.73. The summed E-state index contributed by atoms with van der Waals surface area (Å²) in [5.74, 6) is -1.81. The molecular formula is C31H26ClF5N6O3S. The van der Waals surface area contributed by atoms with Crippen LogP contribution in [0.25, 0.3) is 32.1 Å². The second-order valence-electron chi connectivity index (χ2n) is 12.3. The summed E-state index contributed by atoms with van der Waals surface area (Å²) in [5.41, 5.74) is 4.87. The number of anilines is 2. The van der Waals surface area contributed by atoms with Gasteiger partial charge in [0.2, 0.25) is 0 Å². The summed E-state index contributed by atoms with van der Waals surface area (Å²) in [6.45, 7) is 0.562. The number of nitrogen functional groups attached to an aromatic ring is 1. The zero-order valence-electron chi connectivity index (χ0n) is 24.6. The summed E-state index contributed by atoms with van der Waals surface area (Å²) >= 11 is 7.73. The fraction of sp³-hybridized carbons (Fsp3) is 0.452. The summed E-state index contributed by atoms with van der Waals surface area (Å²) in [6, 6.07) is 2.61. The van der Waals surface area contributed by atoms with E-state index in [1.165, 1.54) is 11.0 Å². The maximum absolute atomic E-state index is 17.0. The molecule has 4 aliphatic rings. The minimum absolute atomic E-state index is 0.00475. The minimum Gasteiger partial charge on any atom is -0.489 e. The Bertz CT molecular complexity index is 2010. The fourth-order valence-corrected chi connectivity index (χ4v) is 8.88. The molecule has 2 N–H and O–H groups in total. The molecule has 3 saturated heterocycles. The van der Waals surface area contributed by atoms with Gasteiger partial charge in [0.1, 0.15) is 53.6 Å². The monoisotopic (exact) mass is 692 g/mol. The number of benzene rings is 2. The van der Waals surface area contributed by atoms with Gasteiger partial charge < -0.3 is 24.8 Å². The van der Waals surface area contributed by atoms with Crippen LogP contribution in [0.1, 0.15) is 31.2 Å². The van der Waals surface area contributed by atoms with Gasteiger partial charge in [0.25, 0.3) is 0 Å². The van der Waals surface area contributed by atoms with E-state index in [0.717, 1.165) is 23.8 Å². The van der Waals surface area contributed by atoms with Crippen LogP contribution in [0.15, 0.2) is 12.1 Å². The first kappa shape index (κ1) is 30.6. The Balaban J connectivity index is 1.35. The number of alkyl halides is 3. The molecule has 9 nitrogen and oxygen atoms in total. The molecule has 3 atom stereocenters. The van der Waals surface area contributed by atoms with Gasteiger partial charge in [-0.25, -0.2) is 13.2 Å². The molecule has 16 heteroatoms. The van der Waals surface area contributed by atoms with Crippen LogP contribution in [0.4, 0.5) is 32.8 Å². The molecule has 6 heterocycles. The fourth-order valence-electron chi connectivity index (χ4n) is 7.60. The highest BCUT2D eigenvalue weighted by Gasteiger charge is 2.51. The van der Waals surface area contributed by atoms with E-state index < -0.39 is 35.5 Å². The number of halogens is 6. The van der Waals surface area contributed by atoms with E-state index >= 15 is 13.2 Å². The van der Waals surface area contributed by atoms with Crippen molar-refractivity contribution in [3.05, 3.63) is 34.4 Å². The lowest BCUT2D eigenvalue weighted by atomic mass is 9.95. The van der Waals surface area contributed by atoms with Crippen molar-refractivity contribution in [2.24, 2.45) is 0 Å². The molecule has 0 radical (unpaired) electrons. The van der Waals surface area contributed by atoms with Crippen LogP contribution in [0.3, 0.4) is 0 Å². The molecule has 0 amide bonds. The highest BCUT2D eigenvalue weighted by Crippen LogP contribution is 2.52. The first-order chi connectivity index (χ1) is 22.5. The van der Waals surface area contributed by atoms with Crippen LogP contribution in [0.2, 0.25) is 5.02 Å². The molecular weight excluding hydrogens is 667 g/mol. The van der Waals surface area contributed by atoms with Crippen molar-refractivity contribution in [2.75, 3.05) is 50.1 Å². The summed E-state index contributed by atoms with van der Waals surface area (Å²) in [4.78, 5) is 12.3. The van der Waals surface area contributed by atoms with Crippen LogP contribution < -0.4 is 20.1 Å². The topological polar surface area (TPSA) is 110 Å². The molecule has 0 aliphatic carbocycles. The van der Waals surface area contributed by atoms with Gasteiger partial charge in [-0.2, -0.15) is 24.0 Å². The Labute approximate surface area is 273 Å². The van der Waals surface area contributed by atoms with Gasteiger partial charge in [-0.1, -0.05) is 17.7 Å². The van der Waals surface area contributed by atoms with Crippen LogP contribution in [0, 0.1) is 23.0 Å². The van der Waals surface area contributed by atoms with Crippen molar-refractivity contribution in [3.63, 3.8) is 0 Å². The molecule has 0 bridgehead atoms. The van der Waals surface area contributed by atoms with Crippen molar-refractivity contribution in [3.8, 4) is 29.0 Å². The smallest absolute Gasteiger partial charge is 0.376 e. The van der Waals surface area contributed by atoms with Gasteiger partial charge in [-0.15, -0.1) is 11.3 Å².